The molecule has 2 unspecified atom stereocenters. The van der Waals surface area contributed by atoms with Gasteiger partial charge in [-0.25, -0.2) is 4.39 Å². The lowest BCUT2D eigenvalue weighted by molar-refractivity contribution is -0.109. The Morgan fingerprint density at radius 3 is 2.58 bits per heavy atom. The highest BCUT2D eigenvalue weighted by molar-refractivity contribution is 6.09. The third kappa shape index (κ3) is 1.78. The van der Waals surface area contributed by atoms with Crippen LogP contribution in [0.1, 0.15) is 33.3 Å². The molecule has 2 aromatic rings. The van der Waals surface area contributed by atoms with Crippen LogP contribution in [0.25, 0.3) is 0 Å². The van der Waals surface area contributed by atoms with Crippen LogP contribution >= 0.6 is 0 Å². The summed E-state index contributed by atoms with van der Waals surface area (Å²) in [6, 6.07) is 13.0. The molecule has 0 amide bonds. The molecule has 0 heterocycles. The van der Waals surface area contributed by atoms with Crippen molar-refractivity contribution in [2.75, 3.05) is 0 Å². The van der Waals surface area contributed by atoms with Crippen LogP contribution in [0.2, 0.25) is 0 Å². The van der Waals surface area contributed by atoms with Gasteiger partial charge in [-0.2, -0.15) is 0 Å². The smallest absolute Gasteiger partial charge is 0.171 e. The zero-order valence-electron chi connectivity index (χ0n) is 10.0. The molecule has 0 bridgehead atoms. The summed E-state index contributed by atoms with van der Waals surface area (Å²) in [6.07, 6.45) is 0.777. The van der Waals surface area contributed by atoms with E-state index in [0.717, 1.165) is 11.8 Å². The average molecular weight is 254 g/mol. The van der Waals surface area contributed by atoms with Gasteiger partial charge in [-0.3, -0.25) is 4.79 Å². The number of halogens is 1. The van der Waals surface area contributed by atoms with Gasteiger partial charge in [0.25, 0.3) is 0 Å². The average Bonchev–Trinajstić information content (AvgIpc) is 2.72. The van der Waals surface area contributed by atoms with E-state index in [0.29, 0.717) is 11.1 Å². The molecule has 19 heavy (non-hydrogen) atoms. The minimum Gasteiger partial charge on any atom is -0.303 e. The fourth-order valence-corrected chi connectivity index (χ4v) is 2.73. The number of rotatable bonds is 2. The Kier molecular flexibility index (Phi) is 2.75. The summed E-state index contributed by atoms with van der Waals surface area (Å²) in [5, 5.41) is 0. The fraction of sp³-hybridized carbons (Fsp3) is 0.125. The molecule has 0 aromatic heterocycles. The minimum atomic E-state index is -0.606. The minimum absolute atomic E-state index is 0.113. The van der Waals surface area contributed by atoms with Crippen molar-refractivity contribution in [3.8, 4) is 0 Å². The van der Waals surface area contributed by atoms with E-state index in [9.17, 15) is 14.0 Å². The van der Waals surface area contributed by atoms with Gasteiger partial charge in [0.1, 0.15) is 12.1 Å². The highest BCUT2D eigenvalue weighted by Gasteiger charge is 2.40. The second kappa shape index (κ2) is 4.43. The van der Waals surface area contributed by atoms with Crippen LogP contribution in [0.5, 0.6) is 0 Å². The maximum Gasteiger partial charge on any atom is 0.171 e. The largest absolute Gasteiger partial charge is 0.303 e. The lowest BCUT2D eigenvalue weighted by Crippen LogP contribution is -2.13. The SMILES string of the molecule is O=CC1c2ccccc2C(=O)C1c1cccc(F)c1. The summed E-state index contributed by atoms with van der Waals surface area (Å²) < 4.78 is 13.3. The van der Waals surface area contributed by atoms with Crippen molar-refractivity contribution in [1.82, 2.24) is 0 Å². The second-order valence-electron chi connectivity index (χ2n) is 4.65. The number of ketones is 1. The fourth-order valence-electron chi connectivity index (χ4n) is 2.73. The van der Waals surface area contributed by atoms with Crippen molar-refractivity contribution in [2.24, 2.45) is 0 Å². The van der Waals surface area contributed by atoms with Crippen LogP contribution in [-0.2, 0) is 4.79 Å². The van der Waals surface area contributed by atoms with E-state index in [4.69, 9.17) is 0 Å². The number of hydrogen-bond acceptors (Lipinski definition) is 2. The van der Waals surface area contributed by atoms with Gasteiger partial charge in [-0.05, 0) is 23.3 Å². The van der Waals surface area contributed by atoms with E-state index < -0.39 is 17.7 Å². The van der Waals surface area contributed by atoms with Gasteiger partial charge in [0, 0.05) is 5.56 Å². The Labute approximate surface area is 109 Å². The van der Waals surface area contributed by atoms with Crippen LogP contribution in [-0.4, -0.2) is 12.1 Å². The van der Waals surface area contributed by atoms with Gasteiger partial charge < -0.3 is 4.79 Å². The second-order valence-corrected chi connectivity index (χ2v) is 4.65. The van der Waals surface area contributed by atoms with Gasteiger partial charge >= 0.3 is 0 Å². The molecule has 0 spiro atoms. The zero-order valence-corrected chi connectivity index (χ0v) is 10.0. The van der Waals surface area contributed by atoms with E-state index >= 15 is 0 Å². The van der Waals surface area contributed by atoms with Gasteiger partial charge in [0.05, 0.1) is 11.8 Å². The molecule has 0 saturated carbocycles. The normalized spacial score (nSPS) is 21.2. The number of Topliss-reactive ketones (excluding diaryl/α,β-unsaturated/α-hetero) is 1. The van der Waals surface area contributed by atoms with E-state index in [-0.39, 0.29) is 5.78 Å². The number of carbonyl (C=O) groups is 2. The van der Waals surface area contributed by atoms with Gasteiger partial charge in [-0.15, -0.1) is 0 Å². The molecule has 0 radical (unpaired) electrons. The zero-order chi connectivity index (χ0) is 13.4. The molecule has 3 rings (SSSR count). The summed E-state index contributed by atoms with van der Waals surface area (Å²) in [5.74, 6) is -1.64. The number of fused-ring (bicyclic) bond motifs is 1. The van der Waals surface area contributed by atoms with Crippen molar-refractivity contribution in [3.05, 3.63) is 71.0 Å². The summed E-state index contributed by atoms with van der Waals surface area (Å²) in [6.45, 7) is 0. The molecule has 3 heteroatoms. The number of aldehydes is 1. The summed E-state index contributed by atoms with van der Waals surface area (Å²) >= 11 is 0. The lowest BCUT2D eigenvalue weighted by atomic mass is 9.87. The predicted molar refractivity (Wildman–Crippen MR) is 68.7 cm³/mol. The van der Waals surface area contributed by atoms with Crippen molar-refractivity contribution in [2.45, 2.75) is 11.8 Å². The first-order valence-corrected chi connectivity index (χ1v) is 6.06. The first-order chi connectivity index (χ1) is 9.22. The molecule has 2 atom stereocenters. The monoisotopic (exact) mass is 254 g/mol. The van der Waals surface area contributed by atoms with Crippen LogP contribution in [0.15, 0.2) is 48.5 Å². The maximum atomic E-state index is 13.3. The van der Waals surface area contributed by atoms with Gasteiger partial charge in [-0.1, -0.05) is 36.4 Å². The van der Waals surface area contributed by atoms with E-state index in [2.05, 4.69) is 0 Å². The first kappa shape index (κ1) is 11.8. The maximum absolute atomic E-state index is 13.3. The van der Waals surface area contributed by atoms with Crippen molar-refractivity contribution < 1.29 is 14.0 Å². The van der Waals surface area contributed by atoms with E-state index in [1.165, 1.54) is 12.1 Å². The Morgan fingerprint density at radius 1 is 1.05 bits per heavy atom. The molecule has 2 aromatic carbocycles. The van der Waals surface area contributed by atoms with Crippen molar-refractivity contribution in [3.63, 3.8) is 0 Å². The van der Waals surface area contributed by atoms with Gasteiger partial charge in [0.15, 0.2) is 5.78 Å². The molecule has 0 N–H and O–H groups in total. The molecule has 1 aliphatic carbocycles. The standard InChI is InChI=1S/C16H11FO2/c17-11-5-3-4-10(8-11)15-14(9-18)12-6-1-2-7-13(12)16(15)19/h1-9,14-15H. The number of hydrogen-bond donors (Lipinski definition) is 0. The summed E-state index contributed by atoms with van der Waals surface area (Å²) in [5.41, 5.74) is 1.85. The topological polar surface area (TPSA) is 34.1 Å². The van der Waals surface area contributed by atoms with Crippen LogP contribution in [0.4, 0.5) is 4.39 Å². The number of benzene rings is 2. The Bertz CT molecular complexity index is 663. The molecule has 0 fully saturated rings. The molecular weight excluding hydrogens is 243 g/mol. The molecule has 1 aliphatic rings. The van der Waals surface area contributed by atoms with Gasteiger partial charge in [0.2, 0.25) is 0 Å². The highest BCUT2D eigenvalue weighted by Crippen LogP contribution is 2.42. The van der Waals surface area contributed by atoms with E-state index in [1.54, 1.807) is 36.4 Å². The van der Waals surface area contributed by atoms with E-state index in [1.807, 2.05) is 0 Å². The third-order valence-electron chi connectivity index (χ3n) is 3.58. The summed E-state index contributed by atoms with van der Waals surface area (Å²) in [4.78, 5) is 23.7. The van der Waals surface area contributed by atoms with Crippen LogP contribution in [0.3, 0.4) is 0 Å². The molecular formula is C16H11FO2. The Balaban J connectivity index is 2.14. The van der Waals surface area contributed by atoms with Crippen molar-refractivity contribution >= 4 is 12.1 Å². The summed E-state index contributed by atoms with van der Waals surface area (Å²) in [7, 11) is 0. The lowest BCUT2D eigenvalue weighted by Gasteiger charge is -2.13. The number of carbonyl (C=O) groups excluding carboxylic acids is 2. The quantitative estimate of drug-likeness (QED) is 0.772. The predicted octanol–water partition coefficient (Wildman–Crippen LogP) is 3.09. The molecule has 0 aliphatic heterocycles. The molecule has 0 saturated heterocycles. The Morgan fingerprint density at radius 2 is 1.84 bits per heavy atom. The third-order valence-corrected chi connectivity index (χ3v) is 3.58. The molecule has 2 nitrogen and oxygen atoms in total. The van der Waals surface area contributed by atoms with Crippen LogP contribution in [0, 0.1) is 5.82 Å². The Hall–Kier alpha value is -2.29. The first-order valence-electron chi connectivity index (χ1n) is 6.06. The molecule has 94 valence electrons. The highest BCUT2D eigenvalue weighted by atomic mass is 19.1. The van der Waals surface area contributed by atoms with Crippen LogP contribution < -0.4 is 0 Å². The van der Waals surface area contributed by atoms with Crippen molar-refractivity contribution in [1.29, 1.82) is 0 Å².